The Morgan fingerprint density at radius 2 is 1.88 bits per heavy atom. The van der Waals surface area contributed by atoms with Crippen LogP contribution in [0.5, 0.6) is 0 Å². The molecule has 2 aromatic carbocycles. The molecule has 3 aromatic rings. The van der Waals surface area contributed by atoms with Crippen LogP contribution in [0.15, 0.2) is 47.3 Å². The lowest BCUT2D eigenvalue weighted by atomic mass is 9.96. The Morgan fingerprint density at radius 1 is 1.12 bits per heavy atom. The first-order valence-electron chi connectivity index (χ1n) is 8.21. The molecule has 1 aliphatic rings. The van der Waals surface area contributed by atoms with Gasteiger partial charge < -0.3 is 9.88 Å². The van der Waals surface area contributed by atoms with Gasteiger partial charge in [0.25, 0.3) is 11.5 Å². The van der Waals surface area contributed by atoms with Crippen molar-refractivity contribution in [3.63, 3.8) is 0 Å². The molecule has 1 amide bonds. The van der Waals surface area contributed by atoms with Crippen LogP contribution in [0.25, 0.3) is 10.9 Å². The van der Waals surface area contributed by atoms with Gasteiger partial charge in [-0.15, -0.1) is 0 Å². The molecule has 0 fully saturated rings. The van der Waals surface area contributed by atoms with Crippen LogP contribution in [0.3, 0.4) is 0 Å². The van der Waals surface area contributed by atoms with Crippen molar-refractivity contribution in [3.05, 3.63) is 80.9 Å². The number of carbonyl (C=O) groups excluding carboxylic acids is 1. The molecule has 4 nitrogen and oxygen atoms in total. The van der Waals surface area contributed by atoms with Crippen LogP contribution in [-0.2, 0) is 13.0 Å². The molecule has 0 radical (unpaired) electrons. The standard InChI is InChI=1S/C20H17FN2O2/c1-12-8-15-9-14-6-7-23(11-16(14)10-18(15)22-19(12)24)20(25)13-2-4-17(21)5-3-13/h2-5,8-10H,6-7,11H2,1H3,(H,22,24). The fourth-order valence-corrected chi connectivity index (χ4v) is 3.32. The highest BCUT2D eigenvalue weighted by Gasteiger charge is 2.22. The second kappa shape index (κ2) is 5.84. The topological polar surface area (TPSA) is 53.2 Å². The van der Waals surface area contributed by atoms with Gasteiger partial charge in [0.1, 0.15) is 5.82 Å². The number of aromatic nitrogens is 1. The van der Waals surface area contributed by atoms with Gasteiger partial charge in [-0.1, -0.05) is 0 Å². The summed E-state index contributed by atoms with van der Waals surface area (Å²) in [5.74, 6) is -0.464. The summed E-state index contributed by atoms with van der Waals surface area (Å²) in [6, 6.07) is 11.5. The Kier molecular flexibility index (Phi) is 3.64. The molecule has 1 aromatic heterocycles. The first-order chi connectivity index (χ1) is 12.0. The maximum atomic E-state index is 13.0. The number of nitrogens with one attached hydrogen (secondary N) is 1. The number of fused-ring (bicyclic) bond motifs is 2. The quantitative estimate of drug-likeness (QED) is 0.742. The third kappa shape index (κ3) is 2.82. The second-order valence-corrected chi connectivity index (χ2v) is 6.47. The molecule has 0 saturated carbocycles. The predicted molar refractivity (Wildman–Crippen MR) is 94.2 cm³/mol. The molecule has 0 unspecified atom stereocenters. The largest absolute Gasteiger partial charge is 0.334 e. The zero-order valence-corrected chi connectivity index (χ0v) is 13.8. The molecule has 0 atom stereocenters. The number of aromatic amines is 1. The lowest BCUT2D eigenvalue weighted by Gasteiger charge is -2.29. The van der Waals surface area contributed by atoms with Crippen molar-refractivity contribution in [2.75, 3.05) is 6.54 Å². The first kappa shape index (κ1) is 15.6. The van der Waals surface area contributed by atoms with E-state index in [9.17, 15) is 14.0 Å². The van der Waals surface area contributed by atoms with Crippen LogP contribution in [-0.4, -0.2) is 22.3 Å². The van der Waals surface area contributed by atoms with E-state index in [1.54, 1.807) is 11.8 Å². The lowest BCUT2D eigenvalue weighted by Crippen LogP contribution is -2.36. The summed E-state index contributed by atoms with van der Waals surface area (Å²) in [4.78, 5) is 29.1. The number of benzene rings is 2. The molecule has 5 heteroatoms. The minimum atomic E-state index is -0.355. The molecule has 4 rings (SSSR count). The third-order valence-corrected chi connectivity index (χ3v) is 4.74. The van der Waals surface area contributed by atoms with E-state index in [-0.39, 0.29) is 17.3 Å². The Labute approximate surface area is 143 Å². The van der Waals surface area contributed by atoms with Crippen molar-refractivity contribution in [2.45, 2.75) is 19.9 Å². The van der Waals surface area contributed by atoms with Gasteiger partial charge in [0, 0.05) is 29.7 Å². The van der Waals surface area contributed by atoms with E-state index >= 15 is 0 Å². The van der Waals surface area contributed by atoms with Gasteiger partial charge >= 0.3 is 0 Å². The summed E-state index contributed by atoms with van der Waals surface area (Å²) in [5, 5.41) is 1.01. The second-order valence-electron chi connectivity index (χ2n) is 6.47. The van der Waals surface area contributed by atoms with E-state index in [1.807, 2.05) is 12.1 Å². The molecule has 0 bridgehead atoms. The van der Waals surface area contributed by atoms with Crippen molar-refractivity contribution in [1.82, 2.24) is 9.88 Å². The lowest BCUT2D eigenvalue weighted by molar-refractivity contribution is 0.0735. The van der Waals surface area contributed by atoms with Gasteiger partial charge in [0.2, 0.25) is 0 Å². The molecule has 1 N–H and O–H groups in total. The zero-order valence-electron chi connectivity index (χ0n) is 13.8. The van der Waals surface area contributed by atoms with Crippen molar-refractivity contribution in [1.29, 1.82) is 0 Å². The normalized spacial score (nSPS) is 13.8. The molecule has 126 valence electrons. The van der Waals surface area contributed by atoms with Crippen molar-refractivity contribution >= 4 is 16.8 Å². The van der Waals surface area contributed by atoms with Crippen LogP contribution in [0.4, 0.5) is 4.39 Å². The smallest absolute Gasteiger partial charge is 0.254 e. The van der Waals surface area contributed by atoms with Crippen molar-refractivity contribution in [3.8, 4) is 0 Å². The highest BCUT2D eigenvalue weighted by Crippen LogP contribution is 2.25. The summed E-state index contributed by atoms with van der Waals surface area (Å²) in [7, 11) is 0. The Morgan fingerprint density at radius 3 is 2.64 bits per heavy atom. The summed E-state index contributed by atoms with van der Waals surface area (Å²) in [6.07, 6.45) is 0.760. The van der Waals surface area contributed by atoms with E-state index in [0.717, 1.165) is 22.9 Å². The summed E-state index contributed by atoms with van der Waals surface area (Å²) in [6.45, 7) is 2.90. The number of rotatable bonds is 1. The first-order valence-corrected chi connectivity index (χ1v) is 8.21. The Bertz CT molecular complexity index is 1040. The molecule has 0 aliphatic carbocycles. The zero-order chi connectivity index (χ0) is 17.6. The van der Waals surface area contributed by atoms with Crippen LogP contribution < -0.4 is 5.56 Å². The fraction of sp³-hybridized carbons (Fsp3) is 0.200. The van der Waals surface area contributed by atoms with Gasteiger partial charge in [-0.2, -0.15) is 0 Å². The van der Waals surface area contributed by atoms with E-state index in [4.69, 9.17) is 0 Å². The van der Waals surface area contributed by atoms with Crippen LogP contribution >= 0.6 is 0 Å². The maximum absolute atomic E-state index is 13.0. The number of hydrogen-bond donors (Lipinski definition) is 1. The van der Waals surface area contributed by atoms with Gasteiger partial charge in [0.05, 0.1) is 0 Å². The number of hydrogen-bond acceptors (Lipinski definition) is 2. The Hall–Kier alpha value is -2.95. The Balaban J connectivity index is 1.67. The van der Waals surface area contributed by atoms with Gasteiger partial charge in [-0.3, -0.25) is 9.59 Å². The minimum Gasteiger partial charge on any atom is -0.334 e. The van der Waals surface area contributed by atoms with Crippen LogP contribution in [0.1, 0.15) is 27.0 Å². The van der Waals surface area contributed by atoms with E-state index in [2.05, 4.69) is 11.1 Å². The fourth-order valence-electron chi connectivity index (χ4n) is 3.32. The number of pyridine rings is 1. The van der Waals surface area contributed by atoms with Crippen LogP contribution in [0.2, 0.25) is 0 Å². The van der Waals surface area contributed by atoms with Crippen LogP contribution in [0, 0.1) is 12.7 Å². The summed E-state index contributed by atoms with van der Waals surface area (Å²) >= 11 is 0. The van der Waals surface area contributed by atoms with Gasteiger partial charge in [-0.05, 0) is 72.3 Å². The summed E-state index contributed by atoms with van der Waals surface area (Å²) < 4.78 is 13.0. The third-order valence-electron chi connectivity index (χ3n) is 4.74. The van der Waals surface area contributed by atoms with Gasteiger partial charge in [0.15, 0.2) is 0 Å². The molecule has 2 heterocycles. The van der Waals surface area contributed by atoms with Crippen molar-refractivity contribution in [2.24, 2.45) is 0 Å². The average Bonchev–Trinajstić information content (AvgIpc) is 2.61. The summed E-state index contributed by atoms with van der Waals surface area (Å²) in [5.41, 5.74) is 4.09. The average molecular weight is 336 g/mol. The molecule has 0 saturated heterocycles. The van der Waals surface area contributed by atoms with E-state index < -0.39 is 0 Å². The predicted octanol–water partition coefficient (Wildman–Crippen LogP) is 3.17. The van der Waals surface area contributed by atoms with E-state index in [0.29, 0.717) is 24.2 Å². The highest BCUT2D eigenvalue weighted by atomic mass is 19.1. The van der Waals surface area contributed by atoms with Crippen molar-refractivity contribution < 1.29 is 9.18 Å². The minimum absolute atomic E-state index is 0.0949. The van der Waals surface area contributed by atoms with E-state index in [1.165, 1.54) is 29.8 Å². The van der Waals surface area contributed by atoms with Gasteiger partial charge in [-0.25, -0.2) is 4.39 Å². The molecular weight excluding hydrogens is 319 g/mol. The number of nitrogens with zero attached hydrogens (tertiary/aromatic N) is 1. The monoisotopic (exact) mass is 336 g/mol. The molecule has 1 aliphatic heterocycles. The number of carbonyl (C=O) groups is 1. The number of aryl methyl sites for hydroxylation is 1. The SMILES string of the molecule is Cc1cc2cc3c(cc2[nH]c1=O)CN(C(=O)c1ccc(F)cc1)CC3. The maximum Gasteiger partial charge on any atom is 0.254 e. The molecular formula is C20H17FN2O2. The molecule has 25 heavy (non-hydrogen) atoms. The number of halogens is 1. The highest BCUT2D eigenvalue weighted by molar-refractivity contribution is 5.94. The number of amides is 1. The molecule has 0 spiro atoms. The number of H-pyrrole nitrogens is 1.